The van der Waals surface area contributed by atoms with Crippen LogP contribution in [0.15, 0.2) is 244 Å². The number of hydrogen-bond acceptors (Lipinski definition) is 26. The molecule has 0 atom stereocenters. The van der Waals surface area contributed by atoms with Gasteiger partial charge in [0.2, 0.25) is 0 Å². The van der Waals surface area contributed by atoms with Gasteiger partial charge in [-0.3, -0.25) is 97.8 Å². The average molecular weight is 1670 g/mol. The molecule has 2 saturated carbocycles. The molecule has 5 aromatic carbocycles. The molecule has 15 aromatic rings. The van der Waals surface area contributed by atoms with Gasteiger partial charge in [0.1, 0.15) is 0 Å². The van der Waals surface area contributed by atoms with Crippen molar-refractivity contribution in [3.8, 4) is 0 Å². The molecule has 37 heteroatoms. The number of Topliss-reactive ketones (excluding diaryl/α,β-unsaturated/α-hetero) is 10. The molecular formula is C72H40Cu3F6N10O16S2. The summed E-state index contributed by atoms with van der Waals surface area (Å²) in [5, 5.41) is 11.4. The molecule has 0 spiro atoms. The number of carbonyl (C=O) groups excluding carboxylic acids is 10. The van der Waals surface area contributed by atoms with Crippen molar-refractivity contribution in [2.24, 2.45) is 0 Å². The molecular weight excluding hydrogens is 1630 g/mol. The molecule has 0 N–H and O–H groups in total. The van der Waals surface area contributed by atoms with Crippen LogP contribution in [0, 0.1) is 0 Å². The van der Waals surface area contributed by atoms with Crippen molar-refractivity contribution in [2.45, 2.75) is 11.0 Å². The number of aromatic nitrogens is 10. The Kier molecular flexibility index (Phi) is 29.4. The van der Waals surface area contributed by atoms with E-state index in [4.69, 9.17) is 25.9 Å². The number of hydrogen-bond donors (Lipinski definition) is 0. The number of nitrogens with zero attached hydrogens (tertiary/aromatic N) is 10. The Morgan fingerprint density at radius 3 is 0.367 bits per heavy atom. The Balaban J connectivity index is 0.000000193. The van der Waals surface area contributed by atoms with Crippen LogP contribution in [0.4, 0.5) is 26.3 Å². The van der Waals surface area contributed by atoms with Crippen molar-refractivity contribution in [1.82, 2.24) is 49.8 Å². The number of benzene rings is 5. The van der Waals surface area contributed by atoms with Crippen LogP contribution in [0.1, 0.15) is 0 Å². The summed E-state index contributed by atoms with van der Waals surface area (Å²) < 4.78 is 118. The third kappa shape index (κ3) is 20.9. The maximum absolute atomic E-state index is 10.7. The minimum absolute atomic E-state index is 0. The van der Waals surface area contributed by atoms with Crippen LogP contribution in [0.25, 0.3) is 109 Å². The van der Waals surface area contributed by atoms with Gasteiger partial charge in [0, 0.05) is 133 Å². The quantitative estimate of drug-likeness (QED) is 0.0340. The molecule has 10 aromatic heterocycles. The van der Waals surface area contributed by atoms with Gasteiger partial charge < -0.3 is 9.11 Å². The number of halogens is 6. The van der Waals surface area contributed by atoms with Crippen LogP contribution in [0.2, 0.25) is 0 Å². The van der Waals surface area contributed by atoms with E-state index in [0.29, 0.717) is 0 Å². The largest absolute Gasteiger partial charge is 1.00 e. The molecule has 10 heterocycles. The van der Waals surface area contributed by atoms with Crippen molar-refractivity contribution in [2.75, 3.05) is 0 Å². The van der Waals surface area contributed by atoms with Gasteiger partial charge in [0.25, 0.3) is 57.8 Å². The Morgan fingerprint density at radius 1 is 0.211 bits per heavy atom. The normalized spacial score (nSPS) is 12.5. The maximum atomic E-state index is 10.7. The van der Waals surface area contributed by atoms with Gasteiger partial charge in [0.15, 0.2) is 20.2 Å². The molecule has 1 radical (unpaired) electrons. The maximum Gasteiger partial charge on any atom is 1.00 e. The second-order valence-corrected chi connectivity index (χ2v) is 23.9. The Bertz CT molecular complexity index is 5120. The molecule has 26 nitrogen and oxygen atoms in total. The van der Waals surface area contributed by atoms with Crippen molar-refractivity contribution in [1.29, 1.82) is 0 Å². The van der Waals surface area contributed by atoms with E-state index in [1.54, 1.807) is 62.0 Å². The number of pyridine rings is 10. The number of carbonyl (C=O) groups is 10. The molecule has 2 aliphatic carbocycles. The summed E-state index contributed by atoms with van der Waals surface area (Å²) in [5.74, 6) is -15.2. The molecule has 0 amide bonds. The molecule has 109 heavy (non-hydrogen) atoms. The van der Waals surface area contributed by atoms with Crippen molar-refractivity contribution >= 4 is 187 Å². The number of ketones is 10. The van der Waals surface area contributed by atoms with Gasteiger partial charge in [-0.15, -0.1) is 0 Å². The molecule has 2 aliphatic rings. The molecule has 0 unspecified atom stereocenters. The molecule has 0 aliphatic heterocycles. The van der Waals surface area contributed by atoms with Gasteiger partial charge in [-0.1, -0.05) is 121 Å². The van der Waals surface area contributed by atoms with E-state index in [2.05, 4.69) is 171 Å². The van der Waals surface area contributed by atoms with E-state index >= 15 is 0 Å². The van der Waals surface area contributed by atoms with Gasteiger partial charge in [-0.25, -0.2) is 16.8 Å². The fourth-order valence-corrected chi connectivity index (χ4v) is 9.43. The third-order valence-electron chi connectivity index (χ3n) is 14.4. The predicted octanol–water partition coefficient (Wildman–Crippen LogP) is 9.70. The van der Waals surface area contributed by atoms with Gasteiger partial charge in [-0.2, -0.15) is 26.3 Å². The fourth-order valence-electron chi connectivity index (χ4n) is 9.43. The summed E-state index contributed by atoms with van der Waals surface area (Å²) in [4.78, 5) is 145. The van der Waals surface area contributed by atoms with Crippen LogP contribution in [0.3, 0.4) is 0 Å². The smallest absolute Gasteiger partial charge is 0.741 e. The summed E-state index contributed by atoms with van der Waals surface area (Å²) in [6.07, 6.45) is 18.0. The summed E-state index contributed by atoms with van der Waals surface area (Å²) in [7, 11) is -12.2. The summed E-state index contributed by atoms with van der Waals surface area (Å²) >= 11 is 0. The summed E-state index contributed by atoms with van der Waals surface area (Å²) in [6, 6.07) is 60.7. The Labute approximate surface area is 639 Å². The minimum Gasteiger partial charge on any atom is -0.741 e. The van der Waals surface area contributed by atoms with Gasteiger partial charge in [0.05, 0.1) is 55.2 Å². The van der Waals surface area contributed by atoms with E-state index in [0.717, 1.165) is 109 Å². The summed E-state index contributed by atoms with van der Waals surface area (Å²) in [6.45, 7) is 0. The monoisotopic (exact) mass is 1670 g/mol. The first-order valence-electron chi connectivity index (χ1n) is 29.8. The molecule has 0 saturated heterocycles. The predicted molar refractivity (Wildman–Crippen MR) is 367 cm³/mol. The van der Waals surface area contributed by atoms with Gasteiger partial charge in [-0.05, 0) is 60.7 Å². The zero-order valence-corrected chi connectivity index (χ0v) is 58.5. The fraction of sp³-hybridized carbons (Fsp3) is 0.0278. The zero-order chi connectivity index (χ0) is 76.7. The molecule has 2 fully saturated rings. The van der Waals surface area contributed by atoms with E-state index < -0.39 is 89.1 Å². The topological polar surface area (TPSA) is 414 Å². The van der Waals surface area contributed by atoms with E-state index in [1.165, 1.54) is 0 Å². The van der Waals surface area contributed by atoms with Crippen molar-refractivity contribution in [3.05, 3.63) is 244 Å². The SMILES string of the molecule is O=C1C(=O)C(=O)C(=O)C1=O.O=C1C(=O)C(=O)C(=O)C1=O.O=S(=O)([O-])C(F)(F)F.O=S(=O)([O-])C(F)(F)F.[Cu+].[Cu+].[Cu].c1cnc2c(c1)ccc1cccnc12.c1cnc2c(c1)ccc1cccnc12.c1cnc2c(c1)ccc1cccnc12.c1cnc2c(c1)ccc1cccnc12.c1cnc2c(c1)ccc1cccnc12. The van der Waals surface area contributed by atoms with Crippen LogP contribution >= 0.6 is 0 Å². The van der Waals surface area contributed by atoms with Crippen LogP contribution in [-0.4, -0.2) is 145 Å². The van der Waals surface area contributed by atoms with Crippen LogP contribution in [-0.2, 0) is 119 Å². The van der Waals surface area contributed by atoms with E-state index in [1.807, 2.05) is 60.7 Å². The minimum atomic E-state index is -6.09. The average Bonchev–Trinajstić information content (AvgIpc) is 1.17. The second kappa shape index (κ2) is 37.4. The van der Waals surface area contributed by atoms with Gasteiger partial charge >= 0.3 is 45.2 Å². The molecule has 17 rings (SSSR count). The standard InChI is InChI=1S/5C12H8N2.2C5O5.2CHF3O3S.3Cu/c5*1-3-9-5-6-10-4-2-8-14-12(10)11(9)13-7-1;2*6-1-2(7)4(9)5(10)3(1)8;2*2-1(3,4)8(5,6)7;;;/h5*1-8H;;;2*(H,5,6,7);;;/q;;;;;;;;;;2*+1/p-2. The second-order valence-electron chi connectivity index (χ2n) is 21.2. The van der Waals surface area contributed by atoms with E-state index in [9.17, 15) is 74.3 Å². The Hall–Kier alpha value is -12.1. The number of alkyl halides is 6. The van der Waals surface area contributed by atoms with Crippen LogP contribution < -0.4 is 0 Å². The van der Waals surface area contributed by atoms with Crippen molar-refractivity contribution < 1.29 is 151 Å². The van der Waals surface area contributed by atoms with Crippen LogP contribution in [0.5, 0.6) is 0 Å². The third-order valence-corrected chi connectivity index (χ3v) is 15.5. The molecule has 561 valence electrons. The number of rotatable bonds is 0. The van der Waals surface area contributed by atoms with Crippen molar-refractivity contribution in [3.63, 3.8) is 0 Å². The zero-order valence-electron chi connectivity index (χ0n) is 54.1. The first-order valence-corrected chi connectivity index (χ1v) is 32.6. The Morgan fingerprint density at radius 2 is 0.294 bits per heavy atom. The number of fused-ring (bicyclic) bond motifs is 15. The summed E-state index contributed by atoms with van der Waals surface area (Å²) in [5.41, 5.74) is -1.52. The van der Waals surface area contributed by atoms with E-state index in [-0.39, 0.29) is 51.2 Å². The first kappa shape index (κ1) is 85.8. The molecule has 0 bridgehead atoms. The first-order chi connectivity index (χ1) is 50.4.